The molecule has 11 heteroatoms. The number of alkyl halides is 3. The van der Waals surface area contributed by atoms with Gasteiger partial charge in [0.05, 0.1) is 12.1 Å². The predicted octanol–water partition coefficient (Wildman–Crippen LogP) is 7.21. The first kappa shape index (κ1) is 27.7. The fourth-order valence-corrected chi connectivity index (χ4v) is 5.47. The number of ether oxygens (including phenoxy) is 1. The number of aromatic carboxylic acids is 1. The summed E-state index contributed by atoms with van der Waals surface area (Å²) in [4.78, 5) is 21.6. The van der Waals surface area contributed by atoms with E-state index in [1.165, 1.54) is 18.2 Å². The lowest BCUT2D eigenvalue weighted by Crippen LogP contribution is -2.33. The summed E-state index contributed by atoms with van der Waals surface area (Å²) in [6, 6.07) is 10.0. The van der Waals surface area contributed by atoms with Crippen LogP contribution in [-0.4, -0.2) is 45.9 Å². The molecule has 1 aromatic carbocycles. The topological polar surface area (TPSA) is 102 Å². The minimum atomic E-state index is -4.61. The molecular formula is C31H29F3N4O4. The second kappa shape index (κ2) is 11.1. The number of carboxylic acids is 1. The number of pyridine rings is 2. The summed E-state index contributed by atoms with van der Waals surface area (Å²) in [6.45, 7) is 3.79. The summed E-state index contributed by atoms with van der Waals surface area (Å²) in [5, 5.41) is 14.2. The van der Waals surface area contributed by atoms with E-state index in [0.29, 0.717) is 29.2 Å². The highest BCUT2D eigenvalue weighted by Crippen LogP contribution is 2.46. The van der Waals surface area contributed by atoms with Crippen molar-refractivity contribution in [2.75, 3.05) is 24.6 Å². The van der Waals surface area contributed by atoms with Crippen LogP contribution in [0.2, 0.25) is 0 Å². The molecule has 1 aliphatic carbocycles. The van der Waals surface area contributed by atoms with Gasteiger partial charge in [-0.2, -0.15) is 13.2 Å². The number of benzene rings is 1. The standard InChI is InChI=1S/C31H29F3N4O4/c1-2-41-26-17-25(30(39)40)36-24-10-8-20(16-23(24)26)38-14-11-18(12-15-38)5-9-21-27(37-42-28(21)19-6-7-19)22-4-3-13-35-29(22)31(32,33)34/h3-5,8-10,13,16-19H,2,6-7,11-12,14-15H2,1H3,(H,39,40)/b9-5+. The van der Waals surface area contributed by atoms with Crippen molar-refractivity contribution in [3.05, 3.63) is 71.4 Å². The minimum Gasteiger partial charge on any atom is -0.493 e. The van der Waals surface area contributed by atoms with E-state index < -0.39 is 17.8 Å². The number of carbonyl (C=O) groups is 1. The van der Waals surface area contributed by atoms with E-state index in [1.807, 2.05) is 31.2 Å². The van der Waals surface area contributed by atoms with Gasteiger partial charge in [-0.3, -0.25) is 4.98 Å². The van der Waals surface area contributed by atoms with Crippen molar-refractivity contribution in [2.24, 2.45) is 5.92 Å². The molecule has 0 radical (unpaired) electrons. The second-order valence-corrected chi connectivity index (χ2v) is 10.6. The Labute approximate surface area is 239 Å². The summed E-state index contributed by atoms with van der Waals surface area (Å²) in [7, 11) is 0. The van der Waals surface area contributed by atoms with Gasteiger partial charge in [0.1, 0.15) is 17.2 Å². The molecule has 0 amide bonds. The Morgan fingerprint density at radius 1 is 1.17 bits per heavy atom. The number of hydrogen-bond acceptors (Lipinski definition) is 7. The van der Waals surface area contributed by atoms with Crippen LogP contribution in [-0.2, 0) is 6.18 Å². The number of allylic oxidation sites excluding steroid dienone is 1. The summed E-state index contributed by atoms with van der Waals surface area (Å²) >= 11 is 0. The molecule has 0 spiro atoms. The fraction of sp³-hybridized carbons (Fsp3) is 0.355. The molecule has 8 nitrogen and oxygen atoms in total. The molecule has 1 N–H and O–H groups in total. The molecule has 42 heavy (non-hydrogen) atoms. The van der Waals surface area contributed by atoms with Gasteiger partial charge in [-0.25, -0.2) is 9.78 Å². The van der Waals surface area contributed by atoms with Gasteiger partial charge in [-0.05, 0) is 68.9 Å². The van der Waals surface area contributed by atoms with E-state index in [-0.39, 0.29) is 28.8 Å². The number of carboxylic acid groups (broad SMARTS) is 1. The van der Waals surface area contributed by atoms with Crippen molar-refractivity contribution in [2.45, 2.75) is 44.7 Å². The number of hydrogen-bond donors (Lipinski definition) is 1. The molecule has 0 atom stereocenters. The van der Waals surface area contributed by atoms with Gasteiger partial charge < -0.3 is 19.3 Å². The molecule has 0 unspecified atom stereocenters. The van der Waals surface area contributed by atoms with Crippen LogP contribution in [0.15, 0.2) is 53.2 Å². The highest BCUT2D eigenvalue weighted by atomic mass is 19.4. The third-order valence-electron chi connectivity index (χ3n) is 7.75. The Hall–Kier alpha value is -4.41. The van der Waals surface area contributed by atoms with Crippen LogP contribution in [0.3, 0.4) is 0 Å². The minimum absolute atomic E-state index is 0.0646. The molecule has 6 rings (SSSR count). The highest BCUT2D eigenvalue weighted by molar-refractivity contribution is 5.94. The molecule has 0 bridgehead atoms. The Bertz CT molecular complexity index is 1650. The SMILES string of the molecule is CCOc1cc(C(=O)O)nc2ccc(N3CCC(/C=C/c4c(-c5cccnc5C(F)(F)F)noc4C4CC4)CC3)cc12. The maximum absolute atomic E-state index is 13.7. The lowest BCUT2D eigenvalue weighted by atomic mass is 9.94. The first-order valence-corrected chi connectivity index (χ1v) is 14.0. The van der Waals surface area contributed by atoms with Crippen molar-refractivity contribution >= 4 is 28.6 Å². The Kier molecular flexibility index (Phi) is 7.34. The quantitative estimate of drug-likeness (QED) is 0.234. The van der Waals surface area contributed by atoms with Crippen LogP contribution in [0.25, 0.3) is 28.2 Å². The molecule has 4 heterocycles. The van der Waals surface area contributed by atoms with E-state index in [0.717, 1.165) is 56.0 Å². The van der Waals surface area contributed by atoms with Crippen molar-refractivity contribution in [1.29, 1.82) is 0 Å². The summed E-state index contributed by atoms with van der Waals surface area (Å²) in [5.74, 6) is 0.413. The van der Waals surface area contributed by atoms with E-state index in [2.05, 4.69) is 26.1 Å². The van der Waals surface area contributed by atoms with Crippen molar-refractivity contribution in [3.63, 3.8) is 0 Å². The van der Waals surface area contributed by atoms with E-state index in [1.54, 1.807) is 0 Å². The monoisotopic (exact) mass is 578 g/mol. The van der Waals surface area contributed by atoms with Crippen molar-refractivity contribution in [3.8, 4) is 17.0 Å². The van der Waals surface area contributed by atoms with Crippen LogP contribution in [0.4, 0.5) is 18.9 Å². The lowest BCUT2D eigenvalue weighted by Gasteiger charge is -2.32. The molecule has 1 aliphatic heterocycles. The van der Waals surface area contributed by atoms with Crippen LogP contribution < -0.4 is 9.64 Å². The second-order valence-electron chi connectivity index (χ2n) is 10.6. The number of piperidine rings is 1. The number of rotatable bonds is 8. The van der Waals surface area contributed by atoms with Gasteiger partial charge in [0.25, 0.3) is 0 Å². The zero-order chi connectivity index (χ0) is 29.4. The van der Waals surface area contributed by atoms with Gasteiger partial charge >= 0.3 is 12.1 Å². The Morgan fingerprint density at radius 2 is 1.95 bits per heavy atom. The van der Waals surface area contributed by atoms with E-state index >= 15 is 0 Å². The van der Waals surface area contributed by atoms with Crippen LogP contribution in [0.5, 0.6) is 5.75 Å². The van der Waals surface area contributed by atoms with Crippen molar-refractivity contribution in [1.82, 2.24) is 15.1 Å². The molecule has 3 aromatic heterocycles. The number of fused-ring (bicyclic) bond motifs is 1. The molecule has 218 valence electrons. The van der Waals surface area contributed by atoms with E-state index in [4.69, 9.17) is 9.26 Å². The van der Waals surface area contributed by atoms with Gasteiger partial charge in [0.15, 0.2) is 11.4 Å². The number of nitrogens with zero attached hydrogens (tertiary/aromatic N) is 4. The van der Waals surface area contributed by atoms with Crippen LogP contribution in [0.1, 0.15) is 66.0 Å². The molecule has 1 saturated heterocycles. The molecule has 4 aromatic rings. The fourth-order valence-electron chi connectivity index (χ4n) is 5.47. The number of anilines is 1. The summed E-state index contributed by atoms with van der Waals surface area (Å²) < 4.78 is 52.5. The van der Waals surface area contributed by atoms with E-state index in [9.17, 15) is 23.1 Å². The largest absolute Gasteiger partial charge is 0.493 e. The van der Waals surface area contributed by atoms with Crippen LogP contribution >= 0.6 is 0 Å². The zero-order valence-electron chi connectivity index (χ0n) is 22.9. The van der Waals surface area contributed by atoms with Gasteiger partial charge in [-0.1, -0.05) is 17.3 Å². The third kappa shape index (κ3) is 5.55. The Balaban J connectivity index is 1.21. The van der Waals surface area contributed by atoms with Gasteiger partial charge in [-0.15, -0.1) is 0 Å². The lowest BCUT2D eigenvalue weighted by molar-refractivity contribution is -0.140. The summed E-state index contributed by atoms with van der Waals surface area (Å²) in [5.41, 5.74) is 1.20. The highest BCUT2D eigenvalue weighted by Gasteiger charge is 2.38. The number of halogens is 3. The summed E-state index contributed by atoms with van der Waals surface area (Å²) in [6.07, 6.45) is 4.02. The van der Waals surface area contributed by atoms with Crippen LogP contribution in [0, 0.1) is 5.92 Å². The molecular weight excluding hydrogens is 549 g/mol. The molecule has 1 saturated carbocycles. The smallest absolute Gasteiger partial charge is 0.434 e. The molecule has 2 fully saturated rings. The van der Waals surface area contributed by atoms with Crippen molar-refractivity contribution < 1.29 is 32.3 Å². The average Bonchev–Trinajstić information content (AvgIpc) is 3.74. The zero-order valence-corrected chi connectivity index (χ0v) is 22.9. The maximum Gasteiger partial charge on any atom is 0.434 e. The maximum atomic E-state index is 13.7. The third-order valence-corrected chi connectivity index (χ3v) is 7.75. The van der Waals surface area contributed by atoms with Gasteiger partial charge in [0.2, 0.25) is 0 Å². The first-order chi connectivity index (χ1) is 20.2. The first-order valence-electron chi connectivity index (χ1n) is 14.0. The number of aromatic nitrogens is 3. The van der Waals surface area contributed by atoms with Gasteiger partial charge in [0, 0.05) is 53.5 Å². The molecule has 2 aliphatic rings. The predicted molar refractivity (Wildman–Crippen MR) is 151 cm³/mol. The normalized spacial score (nSPS) is 16.4. The Morgan fingerprint density at radius 3 is 2.64 bits per heavy atom. The average molecular weight is 579 g/mol.